The van der Waals surface area contributed by atoms with Crippen molar-refractivity contribution in [3.8, 4) is 0 Å². The summed E-state index contributed by atoms with van der Waals surface area (Å²) in [5, 5.41) is 10.8. The summed E-state index contributed by atoms with van der Waals surface area (Å²) in [6.45, 7) is 4.57. The zero-order valence-electron chi connectivity index (χ0n) is 11.7. The fraction of sp³-hybridized carbons (Fsp3) is 0.647. The van der Waals surface area contributed by atoms with Gasteiger partial charge in [0.15, 0.2) is 0 Å². The van der Waals surface area contributed by atoms with Crippen LogP contribution in [0.2, 0.25) is 0 Å². The van der Waals surface area contributed by atoms with Gasteiger partial charge >= 0.3 is 0 Å². The fourth-order valence-electron chi connectivity index (χ4n) is 3.20. The van der Waals surface area contributed by atoms with Gasteiger partial charge in [-0.1, -0.05) is 50.6 Å². The second kappa shape index (κ2) is 5.88. The lowest BCUT2D eigenvalue weighted by Crippen LogP contribution is -2.37. The average molecular weight is 246 g/mol. The Hall–Kier alpha value is -0.820. The number of aliphatic hydroxyl groups is 1. The molecule has 2 rings (SSSR count). The molecule has 1 aliphatic rings. The molecule has 0 bridgehead atoms. The van der Waals surface area contributed by atoms with Crippen molar-refractivity contribution in [2.24, 2.45) is 11.8 Å². The third-order valence-electron chi connectivity index (χ3n) is 4.52. The molecule has 2 unspecified atom stereocenters. The maximum atomic E-state index is 10.8. The van der Waals surface area contributed by atoms with Crippen LogP contribution in [0.15, 0.2) is 30.3 Å². The van der Waals surface area contributed by atoms with Gasteiger partial charge < -0.3 is 5.11 Å². The van der Waals surface area contributed by atoms with E-state index in [2.05, 4.69) is 38.1 Å². The third kappa shape index (κ3) is 3.58. The molecule has 0 aliphatic heterocycles. The van der Waals surface area contributed by atoms with Crippen LogP contribution in [-0.2, 0) is 6.42 Å². The lowest BCUT2D eigenvalue weighted by molar-refractivity contribution is -0.0308. The van der Waals surface area contributed by atoms with Crippen LogP contribution in [0.1, 0.15) is 51.5 Å². The van der Waals surface area contributed by atoms with Gasteiger partial charge in [0.2, 0.25) is 0 Å². The maximum absolute atomic E-state index is 10.8. The SMILES string of the molecule is CC(C)C1CCCC(O)(CCc2ccccc2)C1. The second-order valence-corrected chi connectivity index (χ2v) is 6.31. The summed E-state index contributed by atoms with van der Waals surface area (Å²) >= 11 is 0. The first-order valence-electron chi connectivity index (χ1n) is 7.35. The van der Waals surface area contributed by atoms with Crippen molar-refractivity contribution in [3.05, 3.63) is 35.9 Å². The lowest BCUT2D eigenvalue weighted by atomic mass is 9.72. The summed E-state index contributed by atoms with van der Waals surface area (Å²) < 4.78 is 0. The van der Waals surface area contributed by atoms with Crippen LogP contribution in [0, 0.1) is 11.8 Å². The first-order chi connectivity index (χ1) is 8.59. The maximum Gasteiger partial charge on any atom is 0.0653 e. The predicted octanol–water partition coefficient (Wildman–Crippen LogP) is 4.20. The molecule has 100 valence electrons. The molecule has 0 heterocycles. The number of aryl methyl sites for hydroxylation is 1. The lowest BCUT2D eigenvalue weighted by Gasteiger charge is -2.38. The van der Waals surface area contributed by atoms with Crippen molar-refractivity contribution in [3.63, 3.8) is 0 Å². The molecule has 0 spiro atoms. The molecule has 1 aromatic rings. The van der Waals surface area contributed by atoms with E-state index in [9.17, 15) is 5.11 Å². The van der Waals surface area contributed by atoms with Gasteiger partial charge in [0, 0.05) is 0 Å². The highest BCUT2D eigenvalue weighted by Gasteiger charge is 2.34. The zero-order valence-corrected chi connectivity index (χ0v) is 11.7. The summed E-state index contributed by atoms with van der Waals surface area (Å²) in [6.07, 6.45) is 6.39. The molecule has 1 fully saturated rings. The van der Waals surface area contributed by atoms with Gasteiger partial charge in [-0.05, 0) is 49.5 Å². The molecule has 1 saturated carbocycles. The van der Waals surface area contributed by atoms with E-state index >= 15 is 0 Å². The summed E-state index contributed by atoms with van der Waals surface area (Å²) in [6, 6.07) is 10.5. The van der Waals surface area contributed by atoms with Crippen LogP contribution in [0.25, 0.3) is 0 Å². The minimum atomic E-state index is -0.414. The first kappa shape index (κ1) is 13.6. The predicted molar refractivity (Wildman–Crippen MR) is 76.5 cm³/mol. The van der Waals surface area contributed by atoms with Crippen molar-refractivity contribution in [2.75, 3.05) is 0 Å². The van der Waals surface area contributed by atoms with Crippen LogP contribution in [0.4, 0.5) is 0 Å². The Bertz CT molecular complexity index is 357. The van der Waals surface area contributed by atoms with E-state index in [1.165, 1.54) is 18.4 Å². The Labute approximate surface area is 111 Å². The van der Waals surface area contributed by atoms with Gasteiger partial charge in [-0.25, -0.2) is 0 Å². The summed E-state index contributed by atoms with van der Waals surface area (Å²) in [5.41, 5.74) is 0.931. The van der Waals surface area contributed by atoms with Crippen molar-refractivity contribution >= 4 is 0 Å². The molecular formula is C17H26O. The van der Waals surface area contributed by atoms with E-state index in [0.29, 0.717) is 11.8 Å². The van der Waals surface area contributed by atoms with Crippen molar-refractivity contribution in [1.29, 1.82) is 0 Å². The highest BCUT2D eigenvalue weighted by Crippen LogP contribution is 2.38. The summed E-state index contributed by atoms with van der Waals surface area (Å²) in [4.78, 5) is 0. The largest absolute Gasteiger partial charge is 0.390 e. The minimum Gasteiger partial charge on any atom is -0.390 e. The van der Waals surface area contributed by atoms with E-state index < -0.39 is 5.60 Å². The van der Waals surface area contributed by atoms with Gasteiger partial charge in [0.05, 0.1) is 5.60 Å². The number of hydrogen-bond donors (Lipinski definition) is 1. The molecular weight excluding hydrogens is 220 g/mol. The fourth-order valence-corrected chi connectivity index (χ4v) is 3.20. The van der Waals surface area contributed by atoms with Crippen LogP contribution in [0.3, 0.4) is 0 Å². The summed E-state index contributed by atoms with van der Waals surface area (Å²) in [7, 11) is 0. The average Bonchev–Trinajstić information content (AvgIpc) is 2.38. The Morgan fingerprint density at radius 1 is 1.28 bits per heavy atom. The first-order valence-corrected chi connectivity index (χ1v) is 7.35. The van der Waals surface area contributed by atoms with Crippen molar-refractivity contribution in [2.45, 2.75) is 58.0 Å². The molecule has 1 heteroatoms. The van der Waals surface area contributed by atoms with E-state index in [4.69, 9.17) is 0 Å². The topological polar surface area (TPSA) is 20.2 Å². The number of rotatable bonds is 4. The normalized spacial score (nSPS) is 28.6. The molecule has 2 atom stereocenters. The molecule has 0 amide bonds. The number of hydrogen-bond acceptors (Lipinski definition) is 1. The molecule has 1 aliphatic carbocycles. The molecule has 0 saturated heterocycles. The quantitative estimate of drug-likeness (QED) is 0.844. The van der Waals surface area contributed by atoms with E-state index in [1.807, 2.05) is 6.07 Å². The van der Waals surface area contributed by atoms with Crippen LogP contribution >= 0.6 is 0 Å². The van der Waals surface area contributed by atoms with E-state index in [-0.39, 0.29) is 0 Å². The standard InChI is InChI=1S/C17H26O/c1-14(2)16-9-6-11-17(18,13-16)12-10-15-7-4-3-5-8-15/h3-5,7-8,14,16,18H,6,9-13H2,1-2H3. The van der Waals surface area contributed by atoms with Gasteiger partial charge in [-0.3, -0.25) is 0 Å². The molecule has 18 heavy (non-hydrogen) atoms. The zero-order chi connectivity index (χ0) is 13.0. The molecule has 0 aromatic heterocycles. The van der Waals surface area contributed by atoms with E-state index in [1.54, 1.807) is 0 Å². The smallest absolute Gasteiger partial charge is 0.0653 e. The highest BCUT2D eigenvalue weighted by atomic mass is 16.3. The van der Waals surface area contributed by atoms with Crippen LogP contribution in [0.5, 0.6) is 0 Å². The van der Waals surface area contributed by atoms with Gasteiger partial charge in [-0.15, -0.1) is 0 Å². The summed E-state index contributed by atoms with van der Waals surface area (Å²) in [5.74, 6) is 1.41. The van der Waals surface area contributed by atoms with Crippen LogP contribution < -0.4 is 0 Å². The Morgan fingerprint density at radius 2 is 2.00 bits per heavy atom. The van der Waals surface area contributed by atoms with Crippen molar-refractivity contribution < 1.29 is 5.11 Å². The third-order valence-corrected chi connectivity index (χ3v) is 4.52. The molecule has 1 nitrogen and oxygen atoms in total. The van der Waals surface area contributed by atoms with Crippen LogP contribution in [-0.4, -0.2) is 10.7 Å². The number of benzene rings is 1. The Balaban J connectivity index is 1.91. The van der Waals surface area contributed by atoms with Crippen molar-refractivity contribution in [1.82, 2.24) is 0 Å². The molecule has 1 N–H and O–H groups in total. The van der Waals surface area contributed by atoms with Gasteiger partial charge in [0.25, 0.3) is 0 Å². The second-order valence-electron chi connectivity index (χ2n) is 6.31. The molecule has 1 aromatic carbocycles. The van der Waals surface area contributed by atoms with Gasteiger partial charge in [-0.2, -0.15) is 0 Å². The van der Waals surface area contributed by atoms with Gasteiger partial charge in [0.1, 0.15) is 0 Å². The Morgan fingerprint density at radius 3 is 2.67 bits per heavy atom. The van der Waals surface area contributed by atoms with E-state index in [0.717, 1.165) is 25.7 Å². The Kier molecular flexibility index (Phi) is 4.45. The monoisotopic (exact) mass is 246 g/mol. The molecule has 0 radical (unpaired) electrons. The minimum absolute atomic E-state index is 0.414. The highest BCUT2D eigenvalue weighted by molar-refractivity contribution is 5.15.